The highest BCUT2D eigenvalue weighted by atomic mass is 32.1. The molecule has 2 aromatic heterocycles. The fourth-order valence-electron chi connectivity index (χ4n) is 0.813. The molecule has 10 heavy (non-hydrogen) atoms. The maximum Gasteiger partial charge on any atom is 0.147 e. The highest BCUT2D eigenvalue weighted by molar-refractivity contribution is 7.13. The molecule has 0 aliphatic rings. The maximum atomic E-state index is 4.11. The first-order valence-electron chi connectivity index (χ1n) is 3.00. The first-order valence-corrected chi connectivity index (χ1v) is 3.88. The maximum absolute atomic E-state index is 4.11. The molecule has 2 heterocycles. The zero-order chi connectivity index (χ0) is 6.81. The van der Waals surface area contributed by atoms with E-state index < -0.39 is 0 Å². The molecule has 0 atom stereocenters. The molecule has 0 spiro atoms. The van der Waals surface area contributed by atoms with Crippen LogP contribution in [0.5, 0.6) is 0 Å². The van der Waals surface area contributed by atoms with E-state index >= 15 is 0 Å². The molecule has 0 radical (unpaired) electrons. The van der Waals surface area contributed by atoms with Gasteiger partial charge in [-0.1, -0.05) is 6.07 Å². The third kappa shape index (κ3) is 0.844. The number of H-pyrrole nitrogens is 1. The van der Waals surface area contributed by atoms with E-state index in [-0.39, 0.29) is 0 Å². The minimum atomic E-state index is 0.954. The van der Waals surface area contributed by atoms with Crippen LogP contribution in [0.1, 0.15) is 0 Å². The van der Waals surface area contributed by atoms with Gasteiger partial charge in [0.25, 0.3) is 0 Å². The summed E-state index contributed by atoms with van der Waals surface area (Å²) in [5.41, 5.74) is 0. The van der Waals surface area contributed by atoms with Crippen molar-refractivity contribution in [3.8, 4) is 10.7 Å². The molecular weight excluding hydrogens is 144 g/mol. The number of aromatic nitrogens is 2. The molecule has 0 saturated heterocycles. The minimum absolute atomic E-state index is 0.954. The third-order valence-electron chi connectivity index (χ3n) is 1.25. The van der Waals surface area contributed by atoms with E-state index in [0.717, 1.165) is 5.82 Å². The fraction of sp³-hybridized carbons (Fsp3) is 0. The lowest BCUT2D eigenvalue weighted by molar-refractivity contribution is 1.33. The fourth-order valence-corrected chi connectivity index (χ4v) is 1.50. The summed E-state index contributed by atoms with van der Waals surface area (Å²) in [5.74, 6) is 0.954. The van der Waals surface area contributed by atoms with Crippen molar-refractivity contribution in [2.45, 2.75) is 0 Å². The molecule has 0 fully saturated rings. The Morgan fingerprint density at radius 2 is 2.50 bits per heavy atom. The van der Waals surface area contributed by atoms with Crippen LogP contribution in [0.2, 0.25) is 0 Å². The molecule has 50 valence electrons. The van der Waals surface area contributed by atoms with Crippen LogP contribution < -0.4 is 0 Å². The van der Waals surface area contributed by atoms with Gasteiger partial charge in [0.2, 0.25) is 0 Å². The summed E-state index contributed by atoms with van der Waals surface area (Å²) in [6, 6.07) is 4.06. The molecule has 0 saturated carbocycles. The second-order valence-electron chi connectivity index (χ2n) is 1.92. The molecule has 2 nitrogen and oxygen atoms in total. The Balaban J connectivity index is 2.48. The summed E-state index contributed by atoms with van der Waals surface area (Å²) in [7, 11) is 0. The normalized spacial score (nSPS) is 10.0. The number of nitrogens with one attached hydrogen (secondary N) is 1. The van der Waals surface area contributed by atoms with E-state index in [1.54, 1.807) is 17.5 Å². The number of hydrogen-bond acceptors (Lipinski definition) is 2. The highest BCUT2D eigenvalue weighted by Gasteiger charge is 1.97. The lowest BCUT2D eigenvalue weighted by Crippen LogP contribution is -1.71. The van der Waals surface area contributed by atoms with Crippen LogP contribution in [0.25, 0.3) is 10.7 Å². The Morgan fingerprint density at radius 3 is 3.10 bits per heavy atom. The van der Waals surface area contributed by atoms with Gasteiger partial charge in [-0.15, -0.1) is 11.3 Å². The Kier molecular flexibility index (Phi) is 1.29. The molecular formula is C7H6N2S. The zero-order valence-corrected chi connectivity index (χ0v) is 6.06. The van der Waals surface area contributed by atoms with Crippen molar-refractivity contribution in [3.63, 3.8) is 0 Å². The molecule has 0 unspecified atom stereocenters. The Bertz CT molecular complexity index is 251. The van der Waals surface area contributed by atoms with E-state index in [2.05, 4.69) is 9.97 Å². The lowest BCUT2D eigenvalue weighted by Gasteiger charge is -1.85. The number of imidazole rings is 1. The predicted octanol–water partition coefficient (Wildman–Crippen LogP) is 2.14. The molecule has 0 amide bonds. The van der Waals surface area contributed by atoms with Crippen molar-refractivity contribution >= 4 is 11.3 Å². The topological polar surface area (TPSA) is 28.7 Å². The van der Waals surface area contributed by atoms with Gasteiger partial charge in [0.1, 0.15) is 5.82 Å². The van der Waals surface area contributed by atoms with Crippen molar-refractivity contribution < 1.29 is 0 Å². The summed E-state index contributed by atoms with van der Waals surface area (Å²) in [6.07, 6.45) is 3.59. The van der Waals surface area contributed by atoms with Crippen molar-refractivity contribution in [3.05, 3.63) is 29.9 Å². The van der Waals surface area contributed by atoms with Gasteiger partial charge in [0.05, 0.1) is 4.88 Å². The molecule has 0 aliphatic heterocycles. The smallest absolute Gasteiger partial charge is 0.147 e. The van der Waals surface area contributed by atoms with Gasteiger partial charge in [-0.05, 0) is 11.4 Å². The molecule has 0 aliphatic carbocycles. The molecule has 2 rings (SSSR count). The number of aromatic amines is 1. The van der Waals surface area contributed by atoms with Gasteiger partial charge in [-0.2, -0.15) is 0 Å². The van der Waals surface area contributed by atoms with Crippen molar-refractivity contribution in [1.82, 2.24) is 9.97 Å². The summed E-state index contributed by atoms with van der Waals surface area (Å²) in [6.45, 7) is 0. The van der Waals surface area contributed by atoms with Crippen LogP contribution in [0.3, 0.4) is 0 Å². The Labute approximate surface area is 62.6 Å². The Morgan fingerprint density at radius 1 is 1.50 bits per heavy atom. The number of nitrogens with zero attached hydrogens (tertiary/aromatic N) is 1. The molecule has 0 aromatic carbocycles. The average molecular weight is 150 g/mol. The first kappa shape index (κ1) is 5.68. The average Bonchev–Trinajstić information content (AvgIpc) is 2.59. The second-order valence-corrected chi connectivity index (χ2v) is 2.86. The van der Waals surface area contributed by atoms with Crippen LogP contribution in [0.4, 0.5) is 0 Å². The van der Waals surface area contributed by atoms with E-state index in [1.807, 2.05) is 23.7 Å². The van der Waals surface area contributed by atoms with Gasteiger partial charge in [-0.25, -0.2) is 4.98 Å². The van der Waals surface area contributed by atoms with Crippen LogP contribution >= 0.6 is 11.3 Å². The summed E-state index contributed by atoms with van der Waals surface area (Å²) >= 11 is 1.69. The van der Waals surface area contributed by atoms with Crippen LogP contribution in [0.15, 0.2) is 29.9 Å². The van der Waals surface area contributed by atoms with E-state index in [0.29, 0.717) is 0 Å². The van der Waals surface area contributed by atoms with Gasteiger partial charge < -0.3 is 4.98 Å². The molecule has 2 aromatic rings. The predicted molar refractivity (Wildman–Crippen MR) is 41.9 cm³/mol. The van der Waals surface area contributed by atoms with Gasteiger partial charge >= 0.3 is 0 Å². The Hall–Kier alpha value is -1.09. The number of rotatable bonds is 1. The van der Waals surface area contributed by atoms with Crippen LogP contribution in [-0.2, 0) is 0 Å². The minimum Gasteiger partial charge on any atom is -0.344 e. The largest absolute Gasteiger partial charge is 0.344 e. The summed E-state index contributed by atoms with van der Waals surface area (Å²) < 4.78 is 0. The number of hydrogen-bond donors (Lipinski definition) is 1. The van der Waals surface area contributed by atoms with Crippen molar-refractivity contribution in [2.75, 3.05) is 0 Å². The third-order valence-corrected chi connectivity index (χ3v) is 2.13. The molecule has 0 bridgehead atoms. The first-order chi connectivity index (χ1) is 4.97. The monoisotopic (exact) mass is 150 g/mol. The second kappa shape index (κ2) is 2.27. The summed E-state index contributed by atoms with van der Waals surface area (Å²) in [5, 5.41) is 2.04. The van der Waals surface area contributed by atoms with E-state index in [9.17, 15) is 0 Å². The van der Waals surface area contributed by atoms with E-state index in [1.165, 1.54) is 4.88 Å². The van der Waals surface area contributed by atoms with E-state index in [4.69, 9.17) is 0 Å². The standard InChI is InChI=1S/C7H6N2S/c1-2-6(10-5-1)7-8-3-4-9-7/h1-5H,(H,8,9). The summed E-state index contributed by atoms with van der Waals surface area (Å²) in [4.78, 5) is 8.34. The molecule has 3 heteroatoms. The van der Waals surface area contributed by atoms with Gasteiger partial charge in [-0.3, -0.25) is 0 Å². The van der Waals surface area contributed by atoms with Crippen molar-refractivity contribution in [2.24, 2.45) is 0 Å². The number of thiophene rings is 1. The quantitative estimate of drug-likeness (QED) is 0.662. The lowest BCUT2D eigenvalue weighted by atomic mass is 10.4. The SMILES string of the molecule is c1csc(-c2ncc[nH]2)c1. The van der Waals surface area contributed by atoms with Crippen LogP contribution in [-0.4, -0.2) is 9.97 Å². The molecule has 1 N–H and O–H groups in total. The van der Waals surface area contributed by atoms with Gasteiger partial charge in [0.15, 0.2) is 0 Å². The highest BCUT2D eigenvalue weighted by Crippen LogP contribution is 2.19. The van der Waals surface area contributed by atoms with Gasteiger partial charge in [0, 0.05) is 12.4 Å². The zero-order valence-electron chi connectivity index (χ0n) is 5.24. The van der Waals surface area contributed by atoms with Crippen molar-refractivity contribution in [1.29, 1.82) is 0 Å². The van der Waals surface area contributed by atoms with Crippen LogP contribution in [0, 0.1) is 0 Å².